The standard InChI is InChI=1S/C24H28N2O3/c1-2-16-29-22-12-9-19(10-13-22)11-14-23(27)25-21-7-5-6-20(17-21)18-26-15-4-3-8-24(26)28/h5-7,9-14,17H,2-4,8,15-16,18H2,1H3,(H,25,27)/b14-11+. The molecule has 1 fully saturated rings. The first kappa shape index (κ1) is 20.6. The van der Waals surface area contributed by atoms with Gasteiger partial charge in [0, 0.05) is 31.3 Å². The molecule has 2 amide bonds. The molecule has 0 atom stereocenters. The molecular weight excluding hydrogens is 364 g/mol. The van der Waals surface area contributed by atoms with Crippen molar-refractivity contribution in [2.45, 2.75) is 39.2 Å². The van der Waals surface area contributed by atoms with Gasteiger partial charge in [0.1, 0.15) is 5.75 Å². The molecule has 1 aliphatic rings. The molecule has 2 aromatic rings. The first-order chi connectivity index (χ1) is 14.1. The fourth-order valence-corrected chi connectivity index (χ4v) is 3.25. The average molecular weight is 392 g/mol. The van der Waals surface area contributed by atoms with E-state index in [0.29, 0.717) is 19.6 Å². The van der Waals surface area contributed by atoms with Gasteiger partial charge in [-0.2, -0.15) is 0 Å². The van der Waals surface area contributed by atoms with Crippen LogP contribution in [0.5, 0.6) is 5.75 Å². The van der Waals surface area contributed by atoms with Crippen molar-refractivity contribution in [3.63, 3.8) is 0 Å². The highest BCUT2D eigenvalue weighted by Gasteiger charge is 2.17. The molecule has 0 aliphatic carbocycles. The molecule has 5 nitrogen and oxygen atoms in total. The van der Waals surface area contributed by atoms with Crippen LogP contribution in [0.25, 0.3) is 6.08 Å². The van der Waals surface area contributed by atoms with E-state index < -0.39 is 0 Å². The second kappa shape index (κ2) is 10.5. The molecule has 0 radical (unpaired) electrons. The van der Waals surface area contributed by atoms with Gasteiger partial charge in [0.05, 0.1) is 6.61 Å². The van der Waals surface area contributed by atoms with E-state index in [2.05, 4.69) is 12.2 Å². The Morgan fingerprint density at radius 3 is 2.76 bits per heavy atom. The molecule has 0 saturated carbocycles. The molecule has 0 aromatic heterocycles. The van der Waals surface area contributed by atoms with Crippen molar-refractivity contribution in [3.8, 4) is 5.75 Å². The molecule has 0 bridgehead atoms. The molecule has 1 saturated heterocycles. The minimum Gasteiger partial charge on any atom is -0.494 e. The lowest BCUT2D eigenvalue weighted by atomic mass is 10.1. The summed E-state index contributed by atoms with van der Waals surface area (Å²) in [7, 11) is 0. The van der Waals surface area contributed by atoms with Crippen LogP contribution < -0.4 is 10.1 Å². The second-order valence-corrected chi connectivity index (χ2v) is 7.21. The molecule has 29 heavy (non-hydrogen) atoms. The lowest BCUT2D eigenvalue weighted by molar-refractivity contribution is -0.133. The molecule has 0 spiro atoms. The van der Waals surface area contributed by atoms with Gasteiger partial charge in [-0.15, -0.1) is 0 Å². The Morgan fingerprint density at radius 2 is 2.00 bits per heavy atom. The highest BCUT2D eigenvalue weighted by Crippen LogP contribution is 2.17. The maximum absolute atomic E-state index is 12.3. The van der Waals surface area contributed by atoms with Crippen LogP contribution in [0.1, 0.15) is 43.7 Å². The van der Waals surface area contributed by atoms with Crippen molar-refractivity contribution in [2.75, 3.05) is 18.5 Å². The minimum absolute atomic E-state index is 0.192. The van der Waals surface area contributed by atoms with Crippen LogP contribution in [0.4, 0.5) is 5.69 Å². The number of anilines is 1. The van der Waals surface area contributed by atoms with Gasteiger partial charge in [-0.05, 0) is 60.7 Å². The summed E-state index contributed by atoms with van der Waals surface area (Å²) in [5.74, 6) is 0.847. The van der Waals surface area contributed by atoms with Crippen LogP contribution in [-0.2, 0) is 16.1 Å². The fraction of sp³-hybridized carbons (Fsp3) is 0.333. The Kier molecular flexibility index (Phi) is 7.45. The van der Waals surface area contributed by atoms with Gasteiger partial charge in [0.2, 0.25) is 11.8 Å². The summed E-state index contributed by atoms with van der Waals surface area (Å²) in [6.07, 6.45) is 6.92. The predicted octanol–water partition coefficient (Wildman–Crippen LogP) is 4.64. The number of hydrogen-bond acceptors (Lipinski definition) is 3. The third kappa shape index (κ3) is 6.49. The highest BCUT2D eigenvalue weighted by molar-refractivity contribution is 6.01. The largest absolute Gasteiger partial charge is 0.494 e. The van der Waals surface area contributed by atoms with Crippen LogP contribution in [0.3, 0.4) is 0 Å². The fourth-order valence-electron chi connectivity index (χ4n) is 3.25. The zero-order valence-corrected chi connectivity index (χ0v) is 16.9. The van der Waals surface area contributed by atoms with Crippen LogP contribution in [0.2, 0.25) is 0 Å². The van der Waals surface area contributed by atoms with Crippen LogP contribution in [-0.4, -0.2) is 29.9 Å². The molecule has 3 rings (SSSR count). The van der Waals surface area contributed by atoms with E-state index in [1.807, 2.05) is 53.4 Å². The number of rotatable bonds is 8. The van der Waals surface area contributed by atoms with Gasteiger partial charge in [0.15, 0.2) is 0 Å². The van der Waals surface area contributed by atoms with Gasteiger partial charge in [-0.1, -0.05) is 31.2 Å². The lowest BCUT2D eigenvalue weighted by Gasteiger charge is -2.26. The van der Waals surface area contributed by atoms with E-state index in [1.165, 1.54) is 6.08 Å². The highest BCUT2D eigenvalue weighted by atomic mass is 16.5. The van der Waals surface area contributed by atoms with E-state index in [9.17, 15) is 9.59 Å². The second-order valence-electron chi connectivity index (χ2n) is 7.21. The number of nitrogens with one attached hydrogen (secondary N) is 1. The predicted molar refractivity (Wildman–Crippen MR) is 116 cm³/mol. The quantitative estimate of drug-likeness (QED) is 0.666. The maximum Gasteiger partial charge on any atom is 0.248 e. The van der Waals surface area contributed by atoms with E-state index in [-0.39, 0.29) is 11.8 Å². The summed E-state index contributed by atoms with van der Waals surface area (Å²) in [6, 6.07) is 15.3. The number of amides is 2. The smallest absolute Gasteiger partial charge is 0.248 e. The Hall–Kier alpha value is -3.08. The van der Waals surface area contributed by atoms with Gasteiger partial charge in [0.25, 0.3) is 0 Å². The Labute approximate surface area is 172 Å². The Balaban J connectivity index is 1.54. The van der Waals surface area contributed by atoms with Crippen molar-refractivity contribution in [3.05, 3.63) is 65.7 Å². The van der Waals surface area contributed by atoms with E-state index in [4.69, 9.17) is 4.74 Å². The Morgan fingerprint density at radius 1 is 1.17 bits per heavy atom. The molecule has 1 N–H and O–H groups in total. The number of hydrogen-bond donors (Lipinski definition) is 1. The number of benzene rings is 2. The summed E-state index contributed by atoms with van der Waals surface area (Å²) in [4.78, 5) is 26.1. The summed E-state index contributed by atoms with van der Waals surface area (Å²) < 4.78 is 5.56. The maximum atomic E-state index is 12.3. The number of nitrogens with zero attached hydrogens (tertiary/aromatic N) is 1. The van der Waals surface area contributed by atoms with Gasteiger partial charge < -0.3 is 15.0 Å². The van der Waals surface area contributed by atoms with Crippen molar-refractivity contribution < 1.29 is 14.3 Å². The number of carbonyl (C=O) groups excluding carboxylic acids is 2. The van der Waals surface area contributed by atoms with Gasteiger partial charge in [-0.3, -0.25) is 9.59 Å². The van der Waals surface area contributed by atoms with Crippen LogP contribution in [0.15, 0.2) is 54.6 Å². The summed E-state index contributed by atoms with van der Waals surface area (Å²) in [5, 5.41) is 2.89. The van der Waals surface area contributed by atoms with E-state index in [0.717, 1.165) is 48.4 Å². The third-order valence-corrected chi connectivity index (χ3v) is 4.77. The molecule has 5 heteroatoms. The average Bonchev–Trinajstić information content (AvgIpc) is 2.73. The zero-order valence-electron chi connectivity index (χ0n) is 16.9. The van der Waals surface area contributed by atoms with Crippen molar-refractivity contribution >= 4 is 23.6 Å². The molecule has 0 unspecified atom stereocenters. The number of piperidine rings is 1. The SMILES string of the molecule is CCCOc1ccc(/C=C/C(=O)Nc2cccc(CN3CCCCC3=O)c2)cc1. The molecule has 152 valence electrons. The monoisotopic (exact) mass is 392 g/mol. The van der Waals surface area contributed by atoms with Crippen molar-refractivity contribution in [2.24, 2.45) is 0 Å². The molecule has 1 heterocycles. The van der Waals surface area contributed by atoms with E-state index >= 15 is 0 Å². The number of likely N-dealkylation sites (tertiary alicyclic amines) is 1. The minimum atomic E-state index is -0.192. The zero-order chi connectivity index (χ0) is 20.5. The Bertz CT molecular complexity index is 859. The third-order valence-electron chi connectivity index (χ3n) is 4.77. The number of carbonyl (C=O) groups is 2. The van der Waals surface area contributed by atoms with Crippen LogP contribution in [0, 0.1) is 0 Å². The van der Waals surface area contributed by atoms with Crippen LogP contribution >= 0.6 is 0 Å². The van der Waals surface area contributed by atoms with Crippen molar-refractivity contribution in [1.29, 1.82) is 0 Å². The molecule has 1 aliphatic heterocycles. The summed E-state index contributed by atoms with van der Waals surface area (Å²) in [5.41, 5.74) is 2.68. The van der Waals surface area contributed by atoms with Crippen molar-refractivity contribution in [1.82, 2.24) is 4.90 Å². The summed E-state index contributed by atoms with van der Waals surface area (Å²) in [6.45, 7) is 4.16. The van der Waals surface area contributed by atoms with Gasteiger partial charge in [-0.25, -0.2) is 0 Å². The lowest BCUT2D eigenvalue weighted by Crippen LogP contribution is -2.34. The topological polar surface area (TPSA) is 58.6 Å². The normalized spacial score (nSPS) is 14.2. The van der Waals surface area contributed by atoms with E-state index in [1.54, 1.807) is 6.08 Å². The molecule has 2 aromatic carbocycles. The first-order valence-corrected chi connectivity index (χ1v) is 10.2. The first-order valence-electron chi connectivity index (χ1n) is 10.2. The number of ether oxygens (including phenoxy) is 1. The summed E-state index contributed by atoms with van der Waals surface area (Å²) >= 11 is 0. The van der Waals surface area contributed by atoms with Gasteiger partial charge >= 0.3 is 0 Å². The molecular formula is C24H28N2O3.